The van der Waals surface area contributed by atoms with E-state index in [9.17, 15) is 4.79 Å². The highest BCUT2D eigenvalue weighted by atomic mass is 79.9. The van der Waals surface area contributed by atoms with Crippen LogP contribution in [0.5, 0.6) is 0 Å². The zero-order chi connectivity index (χ0) is 12.4. The number of rotatable bonds is 4. The third kappa shape index (κ3) is 2.38. The van der Waals surface area contributed by atoms with E-state index in [-0.39, 0.29) is 18.0 Å². The van der Waals surface area contributed by atoms with Crippen LogP contribution in [0.25, 0.3) is 0 Å². The highest BCUT2D eigenvalue weighted by molar-refractivity contribution is 9.10. The first-order chi connectivity index (χ1) is 8.15. The lowest BCUT2D eigenvalue weighted by atomic mass is 10.1. The molecule has 1 fully saturated rings. The van der Waals surface area contributed by atoms with Crippen LogP contribution >= 0.6 is 15.9 Å². The van der Waals surface area contributed by atoms with Crippen LogP contribution < -0.4 is 5.73 Å². The van der Waals surface area contributed by atoms with Crippen LogP contribution in [0.4, 0.5) is 0 Å². The molecule has 1 aromatic rings. The molecule has 2 atom stereocenters. The maximum Gasteiger partial charge on any atom is 0.224 e. The van der Waals surface area contributed by atoms with E-state index in [1.165, 1.54) is 0 Å². The number of ether oxygens (including phenoxy) is 1. The molecule has 1 saturated heterocycles. The smallest absolute Gasteiger partial charge is 0.224 e. The van der Waals surface area contributed by atoms with E-state index in [1.807, 2.05) is 0 Å². The lowest BCUT2D eigenvalue weighted by Gasteiger charge is -2.25. The van der Waals surface area contributed by atoms with E-state index >= 15 is 0 Å². The fourth-order valence-electron chi connectivity index (χ4n) is 2.12. The van der Waals surface area contributed by atoms with Gasteiger partial charge in [-0.1, -0.05) is 0 Å². The Morgan fingerprint density at radius 1 is 1.71 bits per heavy atom. The van der Waals surface area contributed by atoms with Crippen LogP contribution in [-0.2, 0) is 9.53 Å². The number of carbonyl (C=O) groups excluding carboxylic acids is 1. The molecule has 6 heteroatoms. The predicted molar refractivity (Wildman–Crippen MR) is 65.3 cm³/mol. The van der Waals surface area contributed by atoms with Gasteiger partial charge in [0.2, 0.25) is 5.91 Å². The van der Waals surface area contributed by atoms with Gasteiger partial charge < -0.3 is 19.8 Å². The quantitative estimate of drug-likeness (QED) is 0.910. The molecule has 94 valence electrons. The first-order valence-corrected chi connectivity index (χ1v) is 6.21. The zero-order valence-corrected chi connectivity index (χ0v) is 11.1. The number of amides is 1. The minimum Gasteiger partial charge on any atom is -0.466 e. The second kappa shape index (κ2) is 5.20. The molecule has 1 aliphatic rings. The topological polar surface area (TPSA) is 68.7 Å². The normalized spacial score (nSPS) is 24.6. The molecule has 2 N–H and O–H groups in total. The molecule has 2 heterocycles. The molecule has 1 aliphatic heterocycles. The molecule has 0 radical (unpaired) electrons. The second-order valence-electron chi connectivity index (χ2n) is 4.03. The fraction of sp³-hybridized carbons (Fsp3) is 0.545. The van der Waals surface area contributed by atoms with Crippen LogP contribution in [0.2, 0.25) is 0 Å². The Balaban J connectivity index is 2.23. The first-order valence-electron chi connectivity index (χ1n) is 5.42. The van der Waals surface area contributed by atoms with Crippen LogP contribution in [-0.4, -0.2) is 37.1 Å². The summed E-state index contributed by atoms with van der Waals surface area (Å²) in [4.78, 5) is 13.6. The zero-order valence-electron chi connectivity index (χ0n) is 9.56. The van der Waals surface area contributed by atoms with Gasteiger partial charge in [0.25, 0.3) is 0 Å². The molecule has 5 nitrogen and oxygen atoms in total. The number of likely N-dealkylation sites (tertiary alicyclic amines) is 1. The van der Waals surface area contributed by atoms with Crippen molar-refractivity contribution in [3.8, 4) is 0 Å². The van der Waals surface area contributed by atoms with Gasteiger partial charge in [-0.2, -0.15) is 0 Å². The summed E-state index contributed by atoms with van der Waals surface area (Å²) < 4.78 is 11.3. The number of carbonyl (C=O) groups is 1. The highest BCUT2D eigenvalue weighted by Gasteiger charge is 2.40. The Hall–Kier alpha value is -0.850. The van der Waals surface area contributed by atoms with Gasteiger partial charge in [-0.25, -0.2) is 0 Å². The van der Waals surface area contributed by atoms with Crippen molar-refractivity contribution < 1.29 is 13.9 Å². The summed E-state index contributed by atoms with van der Waals surface area (Å²) in [5.74, 6) is 0.752. The van der Waals surface area contributed by atoms with Crippen molar-refractivity contribution in [2.75, 3.05) is 20.3 Å². The highest BCUT2D eigenvalue weighted by Crippen LogP contribution is 2.36. The van der Waals surface area contributed by atoms with E-state index in [4.69, 9.17) is 14.9 Å². The van der Waals surface area contributed by atoms with Crippen molar-refractivity contribution >= 4 is 21.8 Å². The van der Waals surface area contributed by atoms with E-state index in [0.29, 0.717) is 25.3 Å². The van der Waals surface area contributed by atoms with Crippen molar-refractivity contribution in [3.05, 3.63) is 22.6 Å². The molecular weight excluding hydrogens is 288 g/mol. The molecular formula is C11H15BrN2O3. The summed E-state index contributed by atoms with van der Waals surface area (Å²) in [7, 11) is 1.61. The van der Waals surface area contributed by atoms with Gasteiger partial charge in [-0.05, 0) is 22.0 Å². The van der Waals surface area contributed by atoms with Gasteiger partial charge in [-0.3, -0.25) is 4.79 Å². The Bertz CT molecular complexity index is 407. The van der Waals surface area contributed by atoms with Gasteiger partial charge in [0.15, 0.2) is 0 Å². The van der Waals surface area contributed by atoms with Crippen LogP contribution in [0, 0.1) is 0 Å². The summed E-state index contributed by atoms with van der Waals surface area (Å²) in [6.45, 7) is 1.02. The van der Waals surface area contributed by atoms with Gasteiger partial charge in [0.1, 0.15) is 11.8 Å². The molecule has 0 aliphatic carbocycles. The van der Waals surface area contributed by atoms with Crippen molar-refractivity contribution in [3.63, 3.8) is 0 Å². The first kappa shape index (κ1) is 12.6. The van der Waals surface area contributed by atoms with Gasteiger partial charge in [0.05, 0.1) is 17.3 Å². The summed E-state index contributed by atoms with van der Waals surface area (Å²) in [6.07, 6.45) is 1.94. The van der Waals surface area contributed by atoms with Crippen molar-refractivity contribution in [1.82, 2.24) is 4.90 Å². The second-order valence-corrected chi connectivity index (χ2v) is 4.88. The van der Waals surface area contributed by atoms with Crippen molar-refractivity contribution in [1.29, 1.82) is 0 Å². The lowest BCUT2D eigenvalue weighted by molar-refractivity contribution is -0.129. The standard InChI is InChI=1S/C11H15BrN2O3/c1-16-5-3-14-9(15)6-8(13)10(14)11-7(12)2-4-17-11/h2,4,8,10H,3,5-6,13H2,1H3. The summed E-state index contributed by atoms with van der Waals surface area (Å²) in [5, 5.41) is 0. The maximum absolute atomic E-state index is 11.8. The molecule has 0 saturated carbocycles. The van der Waals surface area contributed by atoms with E-state index in [0.717, 1.165) is 4.47 Å². The third-order valence-electron chi connectivity index (χ3n) is 2.92. The molecule has 0 spiro atoms. The van der Waals surface area contributed by atoms with E-state index in [1.54, 1.807) is 24.3 Å². The molecule has 17 heavy (non-hydrogen) atoms. The number of halogens is 1. The monoisotopic (exact) mass is 302 g/mol. The SMILES string of the molecule is COCCN1C(=O)CC(N)C1c1occc1Br. The van der Waals surface area contributed by atoms with Gasteiger partial charge >= 0.3 is 0 Å². The number of nitrogens with zero attached hydrogens (tertiary/aromatic N) is 1. The maximum atomic E-state index is 11.8. The van der Waals surface area contributed by atoms with Crippen LogP contribution in [0.15, 0.2) is 21.2 Å². The Morgan fingerprint density at radius 3 is 3.06 bits per heavy atom. The van der Waals surface area contributed by atoms with Crippen LogP contribution in [0.1, 0.15) is 18.2 Å². The van der Waals surface area contributed by atoms with Gasteiger partial charge in [0, 0.05) is 26.1 Å². The van der Waals surface area contributed by atoms with Crippen molar-refractivity contribution in [2.24, 2.45) is 5.73 Å². The van der Waals surface area contributed by atoms with Crippen LogP contribution in [0.3, 0.4) is 0 Å². The number of nitrogens with two attached hydrogens (primary N) is 1. The summed E-state index contributed by atoms with van der Waals surface area (Å²) in [6, 6.07) is 1.36. The van der Waals surface area contributed by atoms with E-state index in [2.05, 4.69) is 15.9 Å². The molecule has 0 bridgehead atoms. The summed E-state index contributed by atoms with van der Waals surface area (Å²) in [5.41, 5.74) is 6.01. The van der Waals surface area contributed by atoms with Gasteiger partial charge in [-0.15, -0.1) is 0 Å². The fourth-order valence-corrected chi connectivity index (χ4v) is 2.56. The average molecular weight is 303 g/mol. The number of methoxy groups -OCH3 is 1. The molecule has 1 amide bonds. The lowest BCUT2D eigenvalue weighted by Crippen LogP contribution is -2.35. The molecule has 0 aromatic carbocycles. The number of furan rings is 1. The molecule has 2 unspecified atom stereocenters. The predicted octanol–water partition coefficient (Wildman–Crippen LogP) is 1.29. The average Bonchev–Trinajstić information content (AvgIpc) is 2.80. The van der Waals surface area contributed by atoms with E-state index < -0.39 is 0 Å². The summed E-state index contributed by atoms with van der Waals surface area (Å²) >= 11 is 3.40. The Kier molecular flexibility index (Phi) is 3.86. The Labute approximate surface area is 108 Å². The number of hydrogen-bond acceptors (Lipinski definition) is 4. The molecule has 2 rings (SSSR count). The number of hydrogen-bond donors (Lipinski definition) is 1. The largest absolute Gasteiger partial charge is 0.466 e. The van der Waals surface area contributed by atoms with Crippen molar-refractivity contribution in [2.45, 2.75) is 18.5 Å². The Morgan fingerprint density at radius 2 is 2.47 bits per heavy atom. The minimum absolute atomic E-state index is 0.0443. The third-order valence-corrected chi connectivity index (χ3v) is 3.58. The minimum atomic E-state index is -0.234. The molecule has 1 aromatic heterocycles.